The molecule has 4 aliphatic rings. The second-order valence-electron chi connectivity index (χ2n) is 24.9. The fraction of sp³-hybridized carbons (Fsp3) is 0.825. The maximum atomic E-state index is 14.9. The average Bonchev–Trinajstić information content (AvgIpc) is 3.56. The Morgan fingerprint density at radius 2 is 1.37 bits per heavy atom. The van der Waals surface area contributed by atoms with Gasteiger partial charge in [-0.2, -0.15) is 0 Å². The molecule has 16 nitrogen and oxygen atoms in total. The minimum absolute atomic E-state index is 0.0114. The molecular weight excluding hydrogens is 1070 g/mol. The first kappa shape index (κ1) is 70.7. The van der Waals surface area contributed by atoms with Crippen molar-refractivity contribution in [3.05, 3.63) is 35.5 Å². The standard InChI is InChI=1S/C63H109NO15Si2/c1-17-80(18-2,19-3)78-52-32-30-47(37-55(52)74-15)36-42(9)54-39-51(66)41(8)34-45(12)58(79-81(20-4,21-5)22-6)59(75-16)57(68)44(11)35-43(10)56(67)50(65)28-25-26-40(7)53(73-14)38-48-31-29-46(13)63(72,77-48)60(69)61(70)64-33-24-23-27-49(64)62(71)76-54/h25-26,28,34,41-44,46-50,52-56,58-59,65,67,72H,17-24,27,29-33,35-39H2,1-16H3/b28-25+,40-26+,45-34+/t41-,42-,43+,44-,46-,47+,48+,49+,50-,52-,53?,54+,55-,56-,58-,59?,63-/m1/s1. The van der Waals surface area contributed by atoms with Crippen LogP contribution in [0.4, 0.5) is 0 Å². The molecule has 81 heavy (non-hydrogen) atoms. The first-order chi connectivity index (χ1) is 38.3. The summed E-state index contributed by atoms with van der Waals surface area (Å²) in [5, 5.41) is 34.8. The zero-order valence-electron chi connectivity index (χ0n) is 52.7. The third-order valence-electron chi connectivity index (χ3n) is 19.6. The number of aliphatic hydroxyl groups excluding tert-OH is 2. The molecule has 2 unspecified atom stereocenters. The van der Waals surface area contributed by atoms with E-state index in [0.29, 0.717) is 37.7 Å². The molecule has 3 aliphatic heterocycles. The lowest BCUT2D eigenvalue weighted by Crippen LogP contribution is -2.61. The molecule has 0 aromatic carbocycles. The maximum absolute atomic E-state index is 14.9. The van der Waals surface area contributed by atoms with E-state index in [1.165, 1.54) is 25.2 Å². The van der Waals surface area contributed by atoms with E-state index in [0.717, 1.165) is 61.1 Å². The topological polar surface area (TPSA) is 214 Å². The second kappa shape index (κ2) is 32.7. The Balaban J connectivity index is 1.82. The van der Waals surface area contributed by atoms with E-state index in [1.54, 1.807) is 47.0 Å². The predicted molar refractivity (Wildman–Crippen MR) is 320 cm³/mol. The molecule has 3 heterocycles. The zero-order valence-corrected chi connectivity index (χ0v) is 54.7. The van der Waals surface area contributed by atoms with Crippen LogP contribution in [0.1, 0.15) is 167 Å². The third kappa shape index (κ3) is 18.1. The number of aliphatic hydroxyl groups is 3. The second-order valence-corrected chi connectivity index (χ2v) is 34.3. The normalized spacial score (nSPS) is 36.9. The van der Waals surface area contributed by atoms with Gasteiger partial charge in [-0.3, -0.25) is 19.2 Å². The van der Waals surface area contributed by atoms with Crippen LogP contribution in [0.2, 0.25) is 36.3 Å². The monoisotopic (exact) mass is 1180 g/mol. The summed E-state index contributed by atoms with van der Waals surface area (Å²) in [7, 11) is 0.406. The van der Waals surface area contributed by atoms with Gasteiger partial charge in [0.05, 0.1) is 42.7 Å². The maximum Gasteiger partial charge on any atom is 0.329 e. The molecule has 464 valence electrons. The number of Topliss-reactive ketones (excluding diaryl/α,β-unsaturated/α-hetero) is 3. The Kier molecular flexibility index (Phi) is 28.5. The summed E-state index contributed by atoms with van der Waals surface area (Å²) in [5.74, 6) is -8.51. The van der Waals surface area contributed by atoms with Crippen molar-refractivity contribution in [1.82, 2.24) is 4.90 Å². The molecule has 0 spiro atoms. The average molecular weight is 1180 g/mol. The Bertz CT molecular complexity index is 2110. The smallest absolute Gasteiger partial charge is 0.329 e. The lowest BCUT2D eigenvalue weighted by Gasteiger charge is -2.43. The van der Waals surface area contributed by atoms with Crippen LogP contribution in [0.3, 0.4) is 0 Å². The van der Waals surface area contributed by atoms with Crippen molar-refractivity contribution >= 4 is 45.9 Å². The van der Waals surface area contributed by atoms with E-state index in [-0.39, 0.29) is 67.8 Å². The Morgan fingerprint density at radius 3 is 1.96 bits per heavy atom. The van der Waals surface area contributed by atoms with Gasteiger partial charge in [0, 0.05) is 58.5 Å². The number of piperidine rings is 1. The molecule has 17 atom stereocenters. The molecule has 1 amide bonds. The fourth-order valence-electron chi connectivity index (χ4n) is 13.3. The molecule has 1 saturated carbocycles. The SMILES string of the molecule is CC[Si](CC)(CC)O[C@@H]1/C(C)=C/[C@@H](C)C(=O)C[C@@H]([C@H](C)C[C@@H]2CC[C@@H](O[Si](CC)(CC)CC)[C@H](OC)C2)OC(=O)[C@@H]2CCCCN2C(=O)C(=O)[C@]2(O)O[C@@H](CC[C@H]2C)CC(OC)/C(C)=C/C=C/[C@@H](O)[C@H](O)[C@@H](C)C[C@@H](C)C(=O)C1OC. The van der Waals surface area contributed by atoms with Gasteiger partial charge in [-0.1, -0.05) is 100 Å². The zero-order chi connectivity index (χ0) is 60.6. The molecule has 2 bridgehead atoms. The first-order valence-electron chi connectivity index (χ1n) is 31.2. The lowest BCUT2D eigenvalue weighted by atomic mass is 9.78. The minimum atomic E-state index is -2.48. The van der Waals surface area contributed by atoms with Gasteiger partial charge in [0.15, 0.2) is 22.4 Å². The molecule has 2 saturated heterocycles. The number of fused-ring (bicyclic) bond motifs is 3. The summed E-state index contributed by atoms with van der Waals surface area (Å²) in [4.78, 5) is 74.7. The summed E-state index contributed by atoms with van der Waals surface area (Å²) in [5.41, 5.74) is 1.40. The van der Waals surface area contributed by atoms with Crippen molar-refractivity contribution in [3.8, 4) is 0 Å². The number of cyclic esters (lactones) is 1. The van der Waals surface area contributed by atoms with Crippen molar-refractivity contribution in [2.45, 2.75) is 270 Å². The van der Waals surface area contributed by atoms with Crippen molar-refractivity contribution < 1.29 is 71.8 Å². The van der Waals surface area contributed by atoms with Gasteiger partial charge in [0.1, 0.15) is 24.0 Å². The number of ether oxygens (including phenoxy) is 5. The highest BCUT2D eigenvalue weighted by atomic mass is 28.4. The van der Waals surface area contributed by atoms with Gasteiger partial charge in [-0.05, 0) is 143 Å². The van der Waals surface area contributed by atoms with Crippen LogP contribution in [0.25, 0.3) is 0 Å². The van der Waals surface area contributed by atoms with Crippen molar-refractivity contribution in [1.29, 1.82) is 0 Å². The van der Waals surface area contributed by atoms with Gasteiger partial charge in [0.25, 0.3) is 11.7 Å². The van der Waals surface area contributed by atoms with Crippen LogP contribution >= 0.6 is 0 Å². The van der Waals surface area contributed by atoms with E-state index in [1.807, 2.05) is 26.8 Å². The highest BCUT2D eigenvalue weighted by molar-refractivity contribution is 6.74. The summed E-state index contributed by atoms with van der Waals surface area (Å²) >= 11 is 0. The largest absolute Gasteiger partial charge is 0.460 e. The van der Waals surface area contributed by atoms with E-state index < -0.39 is 113 Å². The number of carbonyl (C=O) groups excluding carboxylic acids is 5. The highest BCUT2D eigenvalue weighted by Crippen LogP contribution is 2.40. The molecule has 1 aliphatic carbocycles. The van der Waals surface area contributed by atoms with Gasteiger partial charge < -0.3 is 52.8 Å². The predicted octanol–water partition coefficient (Wildman–Crippen LogP) is 10.4. The summed E-state index contributed by atoms with van der Waals surface area (Å²) in [6.07, 6.45) is 5.66. The number of methoxy groups -OCH3 is 3. The quantitative estimate of drug-likeness (QED) is 0.0567. The van der Waals surface area contributed by atoms with Crippen LogP contribution in [0, 0.1) is 35.5 Å². The van der Waals surface area contributed by atoms with Gasteiger partial charge in [-0.15, -0.1) is 0 Å². The number of rotatable bonds is 16. The Hall–Kier alpha value is -2.76. The number of hydrogen-bond acceptors (Lipinski definition) is 15. The summed E-state index contributed by atoms with van der Waals surface area (Å²) in [6, 6.07) is 4.34. The van der Waals surface area contributed by atoms with Gasteiger partial charge >= 0.3 is 5.97 Å². The number of ketones is 3. The van der Waals surface area contributed by atoms with E-state index >= 15 is 0 Å². The minimum Gasteiger partial charge on any atom is -0.460 e. The number of carbonyl (C=O) groups is 5. The van der Waals surface area contributed by atoms with Crippen LogP contribution in [0.5, 0.6) is 0 Å². The highest BCUT2D eigenvalue weighted by Gasteiger charge is 2.53. The summed E-state index contributed by atoms with van der Waals surface area (Å²) < 4.78 is 45.0. The number of nitrogens with zero attached hydrogens (tertiary/aromatic N) is 1. The van der Waals surface area contributed by atoms with Crippen LogP contribution in [-0.2, 0) is 56.5 Å². The Labute approximate surface area is 489 Å². The molecule has 4 rings (SSSR count). The van der Waals surface area contributed by atoms with E-state index in [2.05, 4.69) is 41.5 Å². The number of hydrogen-bond donors (Lipinski definition) is 3. The lowest BCUT2D eigenvalue weighted by molar-refractivity contribution is -0.265. The van der Waals surface area contributed by atoms with Crippen LogP contribution < -0.4 is 0 Å². The third-order valence-corrected chi connectivity index (χ3v) is 28.9. The number of allylic oxidation sites excluding steroid dienone is 3. The van der Waals surface area contributed by atoms with Gasteiger partial charge in [-0.25, -0.2) is 4.79 Å². The van der Waals surface area contributed by atoms with Crippen molar-refractivity contribution in [3.63, 3.8) is 0 Å². The molecule has 0 radical (unpaired) electrons. The summed E-state index contributed by atoms with van der Waals surface area (Å²) in [6.45, 7) is 25.9. The van der Waals surface area contributed by atoms with E-state index in [9.17, 15) is 39.3 Å². The fourth-order valence-corrected chi connectivity index (χ4v) is 19.0. The molecule has 0 aromatic heterocycles. The molecule has 3 N–H and O–H groups in total. The molecule has 18 heteroatoms. The molecule has 3 fully saturated rings. The number of esters is 1. The van der Waals surface area contributed by atoms with Gasteiger partial charge in [0.2, 0.25) is 5.79 Å². The molecule has 0 aromatic rings. The first-order valence-corrected chi connectivity index (χ1v) is 36.2. The van der Waals surface area contributed by atoms with Crippen molar-refractivity contribution in [2.24, 2.45) is 35.5 Å². The molecular formula is C63H109NO15Si2. The van der Waals surface area contributed by atoms with E-state index in [4.69, 9.17) is 32.5 Å². The van der Waals surface area contributed by atoms with Crippen molar-refractivity contribution in [2.75, 3.05) is 27.9 Å². The van der Waals surface area contributed by atoms with Crippen LogP contribution in [0.15, 0.2) is 35.5 Å². The Morgan fingerprint density at radius 1 is 0.741 bits per heavy atom. The van der Waals surface area contributed by atoms with Crippen LogP contribution in [-0.4, -0.2) is 161 Å². The number of amides is 1.